The van der Waals surface area contributed by atoms with Crippen LogP contribution in [0.2, 0.25) is 0 Å². The summed E-state index contributed by atoms with van der Waals surface area (Å²) >= 11 is 0. The van der Waals surface area contributed by atoms with E-state index in [-0.39, 0.29) is 4.90 Å². The molecule has 0 saturated heterocycles. The van der Waals surface area contributed by atoms with Gasteiger partial charge in [-0.1, -0.05) is 24.3 Å². The molecule has 1 aliphatic rings. The first-order chi connectivity index (χ1) is 12.8. The molecule has 4 rings (SSSR count). The topological polar surface area (TPSA) is 80.1 Å². The number of benzene rings is 1. The predicted octanol–water partition coefficient (Wildman–Crippen LogP) is 2.75. The average Bonchev–Trinajstić information content (AvgIpc) is 3.18. The summed E-state index contributed by atoms with van der Waals surface area (Å²) in [5.41, 5.74) is 4.46. The van der Waals surface area contributed by atoms with E-state index in [4.69, 9.17) is 0 Å². The lowest BCUT2D eigenvalue weighted by Gasteiger charge is -2.16. The van der Waals surface area contributed by atoms with Crippen molar-refractivity contribution in [2.45, 2.75) is 31.8 Å². The third kappa shape index (κ3) is 3.16. The van der Waals surface area contributed by atoms with E-state index in [0.717, 1.165) is 24.6 Å². The summed E-state index contributed by atoms with van der Waals surface area (Å²) in [6.07, 6.45) is 1.40. The average molecular weight is 383 g/mol. The molecule has 2 aromatic heterocycles. The van der Waals surface area contributed by atoms with Crippen molar-refractivity contribution < 1.29 is 8.42 Å². The molecule has 1 aromatic carbocycles. The quantitative estimate of drug-likeness (QED) is 0.749. The molecule has 0 spiro atoms. The van der Waals surface area contributed by atoms with Crippen LogP contribution in [0.25, 0.3) is 0 Å². The standard InChI is InChI=1S/C19H21N5O2S/c1-13-19(14(2)23(3)21-13)22-27(25,26)17-8-9-18(20-10-17)24-11-15-6-4-5-7-16(15)12-24/h4-10,22H,11-12H2,1-3H3. The number of aromatic nitrogens is 3. The van der Waals surface area contributed by atoms with Crippen molar-refractivity contribution in [3.63, 3.8) is 0 Å². The van der Waals surface area contributed by atoms with E-state index < -0.39 is 10.0 Å². The van der Waals surface area contributed by atoms with E-state index in [1.54, 1.807) is 30.8 Å². The number of hydrogen-bond donors (Lipinski definition) is 1. The molecule has 0 radical (unpaired) electrons. The van der Waals surface area contributed by atoms with Crippen LogP contribution in [0, 0.1) is 13.8 Å². The zero-order valence-corrected chi connectivity index (χ0v) is 16.3. The van der Waals surface area contributed by atoms with Crippen LogP contribution < -0.4 is 9.62 Å². The van der Waals surface area contributed by atoms with Gasteiger partial charge >= 0.3 is 0 Å². The lowest BCUT2D eigenvalue weighted by atomic mass is 10.1. The zero-order chi connectivity index (χ0) is 19.2. The van der Waals surface area contributed by atoms with Crippen LogP contribution in [0.15, 0.2) is 47.5 Å². The molecule has 0 aliphatic carbocycles. The molecule has 1 N–H and O–H groups in total. The number of hydrogen-bond acceptors (Lipinski definition) is 5. The molecular weight excluding hydrogens is 362 g/mol. The van der Waals surface area contributed by atoms with Crippen LogP contribution in [0.4, 0.5) is 11.5 Å². The molecule has 3 heterocycles. The van der Waals surface area contributed by atoms with E-state index in [0.29, 0.717) is 11.4 Å². The van der Waals surface area contributed by atoms with Gasteiger partial charge in [0.25, 0.3) is 10.0 Å². The van der Waals surface area contributed by atoms with Gasteiger partial charge in [-0.05, 0) is 37.1 Å². The van der Waals surface area contributed by atoms with Gasteiger partial charge in [0.2, 0.25) is 0 Å². The van der Waals surface area contributed by atoms with Crippen LogP contribution in [-0.2, 0) is 30.2 Å². The van der Waals surface area contributed by atoms with Crippen LogP contribution in [0.1, 0.15) is 22.5 Å². The number of sulfonamides is 1. The lowest BCUT2D eigenvalue weighted by Crippen LogP contribution is -2.17. The minimum atomic E-state index is -3.72. The molecule has 0 fully saturated rings. The summed E-state index contributed by atoms with van der Waals surface area (Å²) in [7, 11) is -1.94. The van der Waals surface area contributed by atoms with Gasteiger partial charge in [0, 0.05) is 26.3 Å². The maximum atomic E-state index is 12.7. The van der Waals surface area contributed by atoms with Crippen LogP contribution in [0.5, 0.6) is 0 Å². The number of fused-ring (bicyclic) bond motifs is 1. The molecule has 0 bridgehead atoms. The van der Waals surface area contributed by atoms with E-state index in [1.165, 1.54) is 17.3 Å². The molecule has 3 aromatic rings. The predicted molar refractivity (Wildman–Crippen MR) is 104 cm³/mol. The minimum absolute atomic E-state index is 0.130. The first kappa shape index (κ1) is 17.5. The molecule has 1 aliphatic heterocycles. The Morgan fingerprint density at radius 1 is 1.04 bits per heavy atom. The normalized spacial score (nSPS) is 13.7. The molecule has 27 heavy (non-hydrogen) atoms. The van der Waals surface area contributed by atoms with Crippen molar-refractivity contribution >= 4 is 21.5 Å². The van der Waals surface area contributed by atoms with Crippen molar-refractivity contribution in [2.24, 2.45) is 7.05 Å². The number of pyridine rings is 1. The van der Waals surface area contributed by atoms with Gasteiger partial charge in [-0.2, -0.15) is 5.10 Å². The Bertz CT molecular complexity index is 1080. The van der Waals surface area contributed by atoms with Crippen LogP contribution in [0.3, 0.4) is 0 Å². The Morgan fingerprint density at radius 2 is 1.70 bits per heavy atom. The van der Waals surface area contributed by atoms with Gasteiger partial charge in [0.05, 0.1) is 17.1 Å². The van der Waals surface area contributed by atoms with Crippen LogP contribution >= 0.6 is 0 Å². The van der Waals surface area contributed by atoms with E-state index in [2.05, 4.69) is 31.8 Å². The number of aryl methyl sites for hydroxylation is 2. The highest BCUT2D eigenvalue weighted by Crippen LogP contribution is 2.28. The Labute approximate surface area is 158 Å². The van der Waals surface area contributed by atoms with Crippen molar-refractivity contribution in [3.8, 4) is 0 Å². The highest BCUT2D eigenvalue weighted by molar-refractivity contribution is 7.92. The molecule has 7 nitrogen and oxygen atoms in total. The number of anilines is 2. The number of rotatable bonds is 4. The van der Waals surface area contributed by atoms with Gasteiger partial charge in [-0.3, -0.25) is 9.40 Å². The fourth-order valence-corrected chi connectivity index (χ4v) is 4.45. The van der Waals surface area contributed by atoms with E-state index >= 15 is 0 Å². The molecule has 0 unspecified atom stereocenters. The van der Waals surface area contributed by atoms with E-state index in [9.17, 15) is 8.42 Å². The monoisotopic (exact) mass is 383 g/mol. The minimum Gasteiger partial charge on any atom is -0.348 e. The smallest absolute Gasteiger partial charge is 0.263 e. The highest BCUT2D eigenvalue weighted by atomic mass is 32.2. The molecule has 0 amide bonds. The number of nitrogens with one attached hydrogen (secondary N) is 1. The third-order valence-corrected chi connectivity index (χ3v) is 6.28. The second kappa shape index (κ2) is 6.38. The summed E-state index contributed by atoms with van der Waals surface area (Å²) in [5, 5.41) is 4.24. The van der Waals surface area contributed by atoms with Gasteiger partial charge in [0.15, 0.2) is 0 Å². The second-order valence-corrected chi connectivity index (χ2v) is 8.43. The lowest BCUT2D eigenvalue weighted by molar-refractivity contribution is 0.600. The second-order valence-electron chi connectivity index (χ2n) is 6.75. The summed E-state index contributed by atoms with van der Waals surface area (Å²) in [6, 6.07) is 11.6. The molecule has 0 atom stereocenters. The maximum Gasteiger partial charge on any atom is 0.263 e. The van der Waals surface area contributed by atoms with Crippen molar-refractivity contribution in [3.05, 3.63) is 65.1 Å². The third-order valence-electron chi connectivity index (χ3n) is 4.94. The summed E-state index contributed by atoms with van der Waals surface area (Å²) in [5.74, 6) is 0.763. The van der Waals surface area contributed by atoms with Crippen molar-refractivity contribution in [1.29, 1.82) is 0 Å². The van der Waals surface area contributed by atoms with Gasteiger partial charge in [-0.25, -0.2) is 13.4 Å². The fourth-order valence-electron chi connectivity index (χ4n) is 3.33. The largest absolute Gasteiger partial charge is 0.348 e. The molecule has 8 heteroatoms. The van der Waals surface area contributed by atoms with Gasteiger partial charge < -0.3 is 4.90 Å². The molecule has 0 saturated carbocycles. The highest BCUT2D eigenvalue weighted by Gasteiger charge is 2.22. The number of nitrogens with zero attached hydrogens (tertiary/aromatic N) is 4. The zero-order valence-electron chi connectivity index (χ0n) is 15.5. The summed E-state index contributed by atoms with van der Waals surface area (Å²) in [4.78, 5) is 6.65. The van der Waals surface area contributed by atoms with Gasteiger partial charge in [-0.15, -0.1) is 0 Å². The Morgan fingerprint density at radius 3 is 2.22 bits per heavy atom. The van der Waals surface area contributed by atoms with E-state index in [1.807, 2.05) is 19.1 Å². The van der Waals surface area contributed by atoms with Gasteiger partial charge in [0.1, 0.15) is 10.7 Å². The molecule has 140 valence electrons. The Kier molecular flexibility index (Phi) is 4.15. The first-order valence-electron chi connectivity index (χ1n) is 8.66. The fraction of sp³-hybridized carbons (Fsp3) is 0.263. The SMILES string of the molecule is Cc1nn(C)c(C)c1NS(=O)(=O)c1ccc(N2Cc3ccccc3C2)nc1. The van der Waals surface area contributed by atoms with Crippen LogP contribution in [-0.4, -0.2) is 23.2 Å². The Hall–Kier alpha value is -2.87. The van der Waals surface area contributed by atoms with Crippen molar-refractivity contribution in [1.82, 2.24) is 14.8 Å². The van der Waals surface area contributed by atoms with Crippen molar-refractivity contribution in [2.75, 3.05) is 9.62 Å². The molecular formula is C19H21N5O2S. The maximum absolute atomic E-state index is 12.7. The summed E-state index contributed by atoms with van der Waals surface area (Å²) < 4.78 is 29.7. The Balaban J connectivity index is 1.55. The first-order valence-corrected chi connectivity index (χ1v) is 10.1. The summed E-state index contributed by atoms with van der Waals surface area (Å²) in [6.45, 7) is 5.16.